The summed E-state index contributed by atoms with van der Waals surface area (Å²) in [6, 6.07) is 13.2. The number of halogens is 2. The summed E-state index contributed by atoms with van der Waals surface area (Å²) >= 11 is 6.06. The van der Waals surface area contributed by atoms with Gasteiger partial charge >= 0.3 is 0 Å². The van der Waals surface area contributed by atoms with Gasteiger partial charge in [0.15, 0.2) is 0 Å². The summed E-state index contributed by atoms with van der Waals surface area (Å²) in [5.74, 6) is -1.04. The van der Waals surface area contributed by atoms with E-state index >= 15 is 0 Å². The van der Waals surface area contributed by atoms with E-state index in [0.29, 0.717) is 42.2 Å². The van der Waals surface area contributed by atoms with Gasteiger partial charge in [-0.3, -0.25) is 9.59 Å². The zero-order valence-corrected chi connectivity index (χ0v) is 17.8. The number of hydrogen-bond acceptors (Lipinski definition) is 3. The van der Waals surface area contributed by atoms with Gasteiger partial charge in [0.1, 0.15) is 5.82 Å². The number of aromatic nitrogens is 2. The Morgan fingerprint density at radius 3 is 2.55 bits per heavy atom. The fourth-order valence-corrected chi connectivity index (χ4v) is 3.98. The van der Waals surface area contributed by atoms with Crippen LogP contribution >= 0.6 is 11.6 Å². The maximum absolute atomic E-state index is 13.9. The van der Waals surface area contributed by atoms with Gasteiger partial charge in [-0.25, -0.2) is 9.07 Å². The number of carbonyl (C=O) groups is 2. The molecular formula is C23H22ClFN4O2. The van der Waals surface area contributed by atoms with Gasteiger partial charge in [-0.1, -0.05) is 29.8 Å². The van der Waals surface area contributed by atoms with Gasteiger partial charge in [0.05, 0.1) is 28.7 Å². The predicted octanol–water partition coefficient (Wildman–Crippen LogP) is 4.01. The van der Waals surface area contributed by atoms with Gasteiger partial charge in [0.25, 0.3) is 11.8 Å². The summed E-state index contributed by atoms with van der Waals surface area (Å²) in [7, 11) is 0. The zero-order valence-electron chi connectivity index (χ0n) is 17.0. The van der Waals surface area contributed by atoms with Crippen molar-refractivity contribution in [2.45, 2.75) is 25.8 Å². The second kappa shape index (κ2) is 8.89. The summed E-state index contributed by atoms with van der Waals surface area (Å²) in [5, 5.41) is 7.95. The van der Waals surface area contributed by atoms with Crippen molar-refractivity contribution in [1.82, 2.24) is 20.0 Å². The third-order valence-corrected chi connectivity index (χ3v) is 5.76. The molecule has 1 aromatic heterocycles. The highest BCUT2D eigenvalue weighted by Gasteiger charge is 2.27. The van der Waals surface area contributed by atoms with Crippen LogP contribution in [0.15, 0.2) is 54.7 Å². The molecule has 0 unspecified atom stereocenters. The molecule has 2 amide bonds. The van der Waals surface area contributed by atoms with Gasteiger partial charge in [-0.05, 0) is 50.1 Å². The molecule has 1 saturated heterocycles. The fourth-order valence-electron chi connectivity index (χ4n) is 3.80. The van der Waals surface area contributed by atoms with Crippen molar-refractivity contribution in [3.63, 3.8) is 0 Å². The first kappa shape index (κ1) is 21.1. The summed E-state index contributed by atoms with van der Waals surface area (Å²) in [4.78, 5) is 27.0. The molecule has 0 atom stereocenters. The molecule has 1 N–H and O–H groups in total. The first-order valence-electron chi connectivity index (χ1n) is 10.1. The third kappa shape index (κ3) is 4.46. The Morgan fingerprint density at radius 2 is 1.84 bits per heavy atom. The number of piperidine rings is 1. The molecule has 8 heteroatoms. The second-order valence-electron chi connectivity index (χ2n) is 7.56. The highest BCUT2D eigenvalue weighted by molar-refractivity contribution is 6.30. The molecule has 0 spiro atoms. The van der Waals surface area contributed by atoms with Crippen molar-refractivity contribution < 1.29 is 14.0 Å². The Balaban J connectivity index is 1.38. The quantitative estimate of drug-likeness (QED) is 0.666. The Kier molecular flexibility index (Phi) is 6.04. The van der Waals surface area contributed by atoms with Gasteiger partial charge < -0.3 is 10.2 Å². The molecule has 1 aliphatic heterocycles. The maximum atomic E-state index is 13.9. The van der Waals surface area contributed by atoms with E-state index in [1.54, 1.807) is 40.0 Å². The summed E-state index contributed by atoms with van der Waals surface area (Å²) in [6.07, 6.45) is 2.75. The predicted molar refractivity (Wildman–Crippen MR) is 116 cm³/mol. The lowest BCUT2D eigenvalue weighted by Gasteiger charge is -2.32. The lowest BCUT2D eigenvalue weighted by molar-refractivity contribution is 0.0693. The summed E-state index contributed by atoms with van der Waals surface area (Å²) in [6.45, 7) is 2.75. The van der Waals surface area contributed by atoms with Crippen LogP contribution in [0.1, 0.15) is 39.3 Å². The number of carbonyl (C=O) groups excluding carboxylic acids is 2. The van der Waals surface area contributed by atoms with Crippen LogP contribution in [0.5, 0.6) is 0 Å². The van der Waals surface area contributed by atoms with Crippen LogP contribution in [0.25, 0.3) is 5.69 Å². The molecule has 2 heterocycles. The second-order valence-corrected chi connectivity index (χ2v) is 7.99. The van der Waals surface area contributed by atoms with Crippen LogP contribution in [0.2, 0.25) is 5.02 Å². The molecule has 1 aliphatic rings. The molecule has 160 valence electrons. The SMILES string of the molecule is Cc1c(C(=O)NC2CCN(C(=O)c3ccccc3F)CC2)cnn1-c1cccc(Cl)c1. The largest absolute Gasteiger partial charge is 0.349 e. The number of rotatable bonds is 4. The van der Waals surface area contributed by atoms with Crippen molar-refractivity contribution in [3.05, 3.63) is 82.4 Å². The summed E-state index contributed by atoms with van der Waals surface area (Å²) in [5.41, 5.74) is 2.06. The van der Waals surface area contributed by atoms with E-state index in [1.807, 2.05) is 19.1 Å². The van der Waals surface area contributed by atoms with Crippen LogP contribution in [0, 0.1) is 12.7 Å². The number of nitrogens with zero attached hydrogens (tertiary/aromatic N) is 3. The molecule has 0 saturated carbocycles. The Hall–Kier alpha value is -3.19. The third-order valence-electron chi connectivity index (χ3n) is 5.53. The normalized spacial score (nSPS) is 14.5. The van der Waals surface area contributed by atoms with E-state index < -0.39 is 5.82 Å². The van der Waals surface area contributed by atoms with E-state index in [0.717, 1.165) is 5.69 Å². The smallest absolute Gasteiger partial charge is 0.256 e. The van der Waals surface area contributed by atoms with Crippen LogP contribution in [-0.4, -0.2) is 45.6 Å². The zero-order chi connectivity index (χ0) is 22.0. The number of amides is 2. The first-order valence-corrected chi connectivity index (χ1v) is 10.5. The standard InChI is InChI=1S/C23H22ClFN4O2/c1-15-20(14-26-29(15)18-6-4-5-16(24)13-18)22(30)27-17-9-11-28(12-10-17)23(31)19-7-2-3-8-21(19)25/h2-8,13-14,17H,9-12H2,1H3,(H,27,30). The molecule has 0 radical (unpaired) electrons. The molecule has 6 nitrogen and oxygen atoms in total. The van der Waals surface area contributed by atoms with Crippen LogP contribution in [0.4, 0.5) is 4.39 Å². The Morgan fingerprint density at radius 1 is 1.10 bits per heavy atom. The van der Waals surface area contributed by atoms with Crippen molar-refractivity contribution in [2.75, 3.05) is 13.1 Å². The Bertz CT molecular complexity index is 1120. The molecular weight excluding hydrogens is 419 g/mol. The lowest BCUT2D eigenvalue weighted by Crippen LogP contribution is -2.46. The average molecular weight is 441 g/mol. The van der Waals surface area contributed by atoms with Crippen molar-refractivity contribution in [3.8, 4) is 5.69 Å². The van der Waals surface area contributed by atoms with E-state index in [1.165, 1.54) is 12.1 Å². The number of likely N-dealkylation sites (tertiary alicyclic amines) is 1. The minimum absolute atomic E-state index is 0.0638. The molecule has 0 aliphatic carbocycles. The highest BCUT2D eigenvalue weighted by atomic mass is 35.5. The lowest BCUT2D eigenvalue weighted by atomic mass is 10.0. The van der Waals surface area contributed by atoms with Gasteiger partial charge in [-0.15, -0.1) is 0 Å². The minimum atomic E-state index is -0.518. The van der Waals surface area contributed by atoms with E-state index in [-0.39, 0.29) is 23.4 Å². The topological polar surface area (TPSA) is 67.2 Å². The van der Waals surface area contributed by atoms with Gasteiger partial charge in [0.2, 0.25) is 0 Å². The molecule has 2 aromatic carbocycles. The van der Waals surface area contributed by atoms with E-state index in [4.69, 9.17) is 11.6 Å². The van der Waals surface area contributed by atoms with Crippen LogP contribution in [-0.2, 0) is 0 Å². The van der Waals surface area contributed by atoms with Crippen LogP contribution < -0.4 is 5.32 Å². The highest BCUT2D eigenvalue weighted by Crippen LogP contribution is 2.20. The molecule has 0 bridgehead atoms. The molecule has 3 aromatic rings. The molecule has 31 heavy (non-hydrogen) atoms. The average Bonchev–Trinajstić information content (AvgIpc) is 3.15. The molecule has 1 fully saturated rings. The Labute approximate surface area is 184 Å². The maximum Gasteiger partial charge on any atom is 0.256 e. The van der Waals surface area contributed by atoms with Crippen molar-refractivity contribution in [2.24, 2.45) is 0 Å². The van der Waals surface area contributed by atoms with Crippen molar-refractivity contribution >= 4 is 23.4 Å². The van der Waals surface area contributed by atoms with E-state index in [9.17, 15) is 14.0 Å². The number of nitrogens with one attached hydrogen (secondary N) is 1. The first-order chi connectivity index (χ1) is 14.9. The summed E-state index contributed by atoms with van der Waals surface area (Å²) < 4.78 is 15.6. The fraction of sp³-hybridized carbons (Fsp3) is 0.261. The minimum Gasteiger partial charge on any atom is -0.349 e. The van der Waals surface area contributed by atoms with Gasteiger partial charge in [-0.2, -0.15) is 5.10 Å². The number of hydrogen-bond donors (Lipinski definition) is 1. The van der Waals surface area contributed by atoms with Crippen molar-refractivity contribution in [1.29, 1.82) is 0 Å². The van der Waals surface area contributed by atoms with Gasteiger partial charge in [0, 0.05) is 24.2 Å². The number of benzene rings is 2. The molecule has 4 rings (SSSR count). The monoisotopic (exact) mass is 440 g/mol. The van der Waals surface area contributed by atoms with Crippen LogP contribution in [0.3, 0.4) is 0 Å². The van der Waals surface area contributed by atoms with E-state index in [2.05, 4.69) is 10.4 Å².